The van der Waals surface area contributed by atoms with E-state index in [1.165, 1.54) is 12.8 Å². The number of carbonyl (C=O) groups excluding carboxylic acids is 2. The second kappa shape index (κ2) is 8.19. The normalized spacial score (nSPS) is 18.8. The van der Waals surface area contributed by atoms with Gasteiger partial charge < -0.3 is 14.5 Å². The second-order valence-electron chi connectivity index (χ2n) is 6.76. The number of hydrogen-bond acceptors (Lipinski definition) is 3. The molecule has 1 aromatic rings. The zero-order chi connectivity index (χ0) is 17.6. The molecule has 1 saturated heterocycles. The lowest BCUT2D eigenvalue weighted by Crippen LogP contribution is -2.49. The van der Waals surface area contributed by atoms with E-state index < -0.39 is 0 Å². The molecule has 0 aromatic heterocycles. The van der Waals surface area contributed by atoms with Crippen LogP contribution in [-0.4, -0.2) is 53.9 Å². The molecule has 1 aliphatic carbocycles. The highest BCUT2D eigenvalue weighted by atomic mass is 16.5. The summed E-state index contributed by atoms with van der Waals surface area (Å²) in [6.45, 7) is 3.97. The van der Waals surface area contributed by atoms with Gasteiger partial charge in [-0.15, -0.1) is 0 Å². The smallest absolute Gasteiger partial charge is 0.246 e. The van der Waals surface area contributed by atoms with Gasteiger partial charge in [0.1, 0.15) is 5.75 Å². The molecule has 3 rings (SSSR count). The van der Waals surface area contributed by atoms with E-state index in [0.29, 0.717) is 32.3 Å². The van der Waals surface area contributed by atoms with Crippen molar-refractivity contribution in [1.82, 2.24) is 9.80 Å². The van der Waals surface area contributed by atoms with Crippen LogP contribution in [0.3, 0.4) is 0 Å². The Morgan fingerprint density at radius 2 is 1.76 bits per heavy atom. The van der Waals surface area contributed by atoms with Gasteiger partial charge in [0.2, 0.25) is 11.8 Å². The van der Waals surface area contributed by atoms with Crippen molar-refractivity contribution in [1.29, 1.82) is 0 Å². The van der Waals surface area contributed by atoms with E-state index in [4.69, 9.17) is 4.74 Å². The summed E-state index contributed by atoms with van der Waals surface area (Å²) in [6.07, 6.45) is 8.53. The summed E-state index contributed by atoms with van der Waals surface area (Å²) in [5.41, 5.74) is 0.964. The average molecular weight is 342 g/mol. The highest BCUT2D eigenvalue weighted by molar-refractivity contribution is 5.92. The van der Waals surface area contributed by atoms with Gasteiger partial charge in [0, 0.05) is 39.2 Å². The summed E-state index contributed by atoms with van der Waals surface area (Å²) in [5, 5.41) is 0. The van der Waals surface area contributed by atoms with Crippen molar-refractivity contribution in [3.63, 3.8) is 0 Å². The third kappa shape index (κ3) is 4.84. The molecule has 25 heavy (non-hydrogen) atoms. The van der Waals surface area contributed by atoms with E-state index in [0.717, 1.165) is 24.2 Å². The monoisotopic (exact) mass is 342 g/mol. The quantitative estimate of drug-likeness (QED) is 0.791. The van der Waals surface area contributed by atoms with E-state index in [9.17, 15) is 9.59 Å². The number of amides is 2. The molecular formula is C20H26N2O3. The standard InChI is InChI=1S/C20H26N2O3/c1-16(23)21-11-13-22(14-12-21)20(24)10-9-17-5-4-8-19(15-17)25-18-6-2-3-7-18/h4-5,8-10,15,18H,2-3,6-7,11-14H2,1H3/b10-9-. The second-order valence-corrected chi connectivity index (χ2v) is 6.76. The molecule has 2 fully saturated rings. The summed E-state index contributed by atoms with van der Waals surface area (Å²) >= 11 is 0. The van der Waals surface area contributed by atoms with Crippen molar-refractivity contribution in [2.75, 3.05) is 26.2 Å². The lowest BCUT2D eigenvalue weighted by molar-refractivity contribution is -0.135. The minimum absolute atomic E-state index is 0.00897. The lowest BCUT2D eigenvalue weighted by atomic mass is 10.2. The number of piperazine rings is 1. The van der Waals surface area contributed by atoms with Crippen molar-refractivity contribution in [2.45, 2.75) is 38.7 Å². The molecule has 0 spiro atoms. The molecule has 5 nitrogen and oxygen atoms in total. The average Bonchev–Trinajstić information content (AvgIpc) is 3.13. The zero-order valence-electron chi connectivity index (χ0n) is 14.8. The van der Waals surface area contributed by atoms with Crippen LogP contribution in [0.1, 0.15) is 38.2 Å². The summed E-state index contributed by atoms with van der Waals surface area (Å²) in [6, 6.07) is 7.88. The number of benzene rings is 1. The molecule has 1 saturated carbocycles. The molecule has 2 amide bonds. The number of carbonyl (C=O) groups is 2. The van der Waals surface area contributed by atoms with Gasteiger partial charge in [-0.25, -0.2) is 0 Å². The van der Waals surface area contributed by atoms with Crippen molar-refractivity contribution < 1.29 is 14.3 Å². The van der Waals surface area contributed by atoms with Crippen molar-refractivity contribution in [2.24, 2.45) is 0 Å². The molecule has 0 N–H and O–H groups in total. The molecular weight excluding hydrogens is 316 g/mol. The Kier molecular flexibility index (Phi) is 5.74. The molecule has 0 atom stereocenters. The third-order valence-electron chi connectivity index (χ3n) is 4.92. The van der Waals surface area contributed by atoms with Crippen LogP contribution in [0, 0.1) is 0 Å². The molecule has 2 aliphatic rings. The van der Waals surface area contributed by atoms with Crippen LogP contribution < -0.4 is 4.74 Å². The number of nitrogens with zero attached hydrogens (tertiary/aromatic N) is 2. The Bertz CT molecular complexity index is 642. The maximum absolute atomic E-state index is 12.3. The minimum atomic E-state index is -0.00897. The largest absolute Gasteiger partial charge is 0.490 e. The summed E-state index contributed by atoms with van der Waals surface area (Å²) in [4.78, 5) is 27.2. The number of hydrogen-bond donors (Lipinski definition) is 0. The first kappa shape index (κ1) is 17.5. The Morgan fingerprint density at radius 3 is 2.44 bits per heavy atom. The maximum Gasteiger partial charge on any atom is 0.246 e. The molecule has 5 heteroatoms. The fraction of sp³-hybridized carbons (Fsp3) is 0.500. The van der Waals surface area contributed by atoms with Gasteiger partial charge in [-0.3, -0.25) is 9.59 Å². The molecule has 1 aromatic carbocycles. The van der Waals surface area contributed by atoms with Gasteiger partial charge in [0.05, 0.1) is 6.10 Å². The fourth-order valence-corrected chi connectivity index (χ4v) is 3.40. The first-order valence-electron chi connectivity index (χ1n) is 9.11. The van der Waals surface area contributed by atoms with Crippen LogP contribution in [0.5, 0.6) is 5.75 Å². The maximum atomic E-state index is 12.3. The fourth-order valence-electron chi connectivity index (χ4n) is 3.40. The predicted molar refractivity (Wildman–Crippen MR) is 97.2 cm³/mol. The van der Waals surface area contributed by atoms with Gasteiger partial charge >= 0.3 is 0 Å². The molecule has 0 radical (unpaired) electrons. The summed E-state index contributed by atoms with van der Waals surface area (Å²) in [5.74, 6) is 0.934. The molecule has 1 aliphatic heterocycles. The third-order valence-corrected chi connectivity index (χ3v) is 4.92. The van der Waals surface area contributed by atoms with E-state index in [1.54, 1.807) is 22.8 Å². The van der Waals surface area contributed by atoms with E-state index in [-0.39, 0.29) is 11.8 Å². The lowest BCUT2D eigenvalue weighted by Gasteiger charge is -2.33. The highest BCUT2D eigenvalue weighted by Crippen LogP contribution is 2.24. The van der Waals surface area contributed by atoms with Gasteiger partial charge in [0.25, 0.3) is 0 Å². The first-order valence-corrected chi connectivity index (χ1v) is 9.11. The predicted octanol–water partition coefficient (Wildman–Crippen LogP) is 2.71. The Morgan fingerprint density at radius 1 is 1.08 bits per heavy atom. The number of ether oxygens (including phenoxy) is 1. The first-order chi connectivity index (χ1) is 12.1. The van der Waals surface area contributed by atoms with Gasteiger partial charge in [-0.05, 0) is 49.5 Å². The van der Waals surface area contributed by atoms with Crippen LogP contribution in [0.25, 0.3) is 6.08 Å². The molecule has 0 unspecified atom stereocenters. The van der Waals surface area contributed by atoms with Gasteiger partial charge in [-0.1, -0.05) is 12.1 Å². The van der Waals surface area contributed by atoms with Gasteiger partial charge in [-0.2, -0.15) is 0 Å². The zero-order valence-corrected chi connectivity index (χ0v) is 14.8. The van der Waals surface area contributed by atoms with Gasteiger partial charge in [0.15, 0.2) is 0 Å². The summed E-state index contributed by atoms with van der Waals surface area (Å²) in [7, 11) is 0. The molecule has 1 heterocycles. The SMILES string of the molecule is CC(=O)N1CCN(C(=O)/C=C\c2cccc(OC3CCCC3)c2)CC1. The summed E-state index contributed by atoms with van der Waals surface area (Å²) < 4.78 is 6.01. The van der Waals surface area contributed by atoms with Crippen molar-refractivity contribution in [3.05, 3.63) is 35.9 Å². The number of rotatable bonds is 4. The van der Waals surface area contributed by atoms with Crippen LogP contribution in [-0.2, 0) is 9.59 Å². The van der Waals surface area contributed by atoms with Crippen molar-refractivity contribution in [3.8, 4) is 5.75 Å². The van der Waals surface area contributed by atoms with E-state index in [2.05, 4.69) is 0 Å². The van der Waals surface area contributed by atoms with E-state index >= 15 is 0 Å². The van der Waals surface area contributed by atoms with Crippen LogP contribution in [0.15, 0.2) is 30.3 Å². The Labute approximate surface area is 149 Å². The van der Waals surface area contributed by atoms with E-state index in [1.807, 2.05) is 30.3 Å². The van der Waals surface area contributed by atoms with Crippen molar-refractivity contribution >= 4 is 17.9 Å². The Hall–Kier alpha value is -2.30. The van der Waals surface area contributed by atoms with Crippen LogP contribution in [0.2, 0.25) is 0 Å². The highest BCUT2D eigenvalue weighted by Gasteiger charge is 2.20. The molecule has 0 bridgehead atoms. The Balaban J connectivity index is 1.54. The van der Waals surface area contributed by atoms with Crippen LogP contribution in [0.4, 0.5) is 0 Å². The molecule has 134 valence electrons. The minimum Gasteiger partial charge on any atom is -0.490 e. The van der Waals surface area contributed by atoms with Crippen LogP contribution >= 0.6 is 0 Å². The topological polar surface area (TPSA) is 49.9 Å².